The molecule has 3 heterocycles. The summed E-state index contributed by atoms with van der Waals surface area (Å²) in [5.41, 5.74) is 0.401. The van der Waals surface area contributed by atoms with E-state index in [-0.39, 0.29) is 6.09 Å². The number of hydrogen-bond acceptors (Lipinski definition) is 5. The molecule has 24 heavy (non-hydrogen) atoms. The van der Waals surface area contributed by atoms with Crippen molar-refractivity contribution in [2.75, 3.05) is 31.2 Å². The van der Waals surface area contributed by atoms with Crippen LogP contribution in [0.1, 0.15) is 20.8 Å². The molecular weight excluding hydrogens is 348 g/mol. The summed E-state index contributed by atoms with van der Waals surface area (Å²) < 4.78 is 7.39. The zero-order valence-corrected chi connectivity index (χ0v) is 15.6. The fraction of sp³-hybridized carbons (Fsp3) is 0.500. The Bertz CT molecular complexity index is 714. The normalized spacial score (nSPS) is 15.7. The Morgan fingerprint density at radius 1 is 1.29 bits per heavy atom. The van der Waals surface area contributed by atoms with Crippen LogP contribution in [-0.2, 0) is 4.74 Å². The van der Waals surface area contributed by atoms with Gasteiger partial charge >= 0.3 is 6.09 Å². The molecule has 0 spiro atoms. The fourth-order valence-electron chi connectivity index (χ4n) is 2.50. The van der Waals surface area contributed by atoms with Gasteiger partial charge in [-0.05, 0) is 32.2 Å². The minimum atomic E-state index is -0.465. The van der Waals surface area contributed by atoms with Crippen LogP contribution in [-0.4, -0.2) is 52.4 Å². The molecule has 1 aliphatic heterocycles. The molecule has 0 atom stereocenters. The van der Waals surface area contributed by atoms with E-state index in [9.17, 15) is 4.79 Å². The zero-order chi connectivity index (χ0) is 17.3. The van der Waals surface area contributed by atoms with E-state index in [1.807, 2.05) is 43.1 Å². The van der Waals surface area contributed by atoms with Crippen LogP contribution < -0.4 is 5.01 Å². The van der Waals surface area contributed by atoms with Gasteiger partial charge < -0.3 is 14.6 Å². The number of ether oxygens (including phenoxy) is 1. The Morgan fingerprint density at radius 3 is 2.58 bits per heavy atom. The largest absolute Gasteiger partial charge is 0.444 e. The van der Waals surface area contributed by atoms with Gasteiger partial charge in [0, 0.05) is 13.1 Å². The number of hydrogen-bond donors (Lipinski definition) is 0. The third kappa shape index (κ3) is 3.84. The molecule has 6 nitrogen and oxygen atoms in total. The van der Waals surface area contributed by atoms with Gasteiger partial charge in [0.05, 0.1) is 29.2 Å². The maximum Gasteiger partial charge on any atom is 0.410 e. The van der Waals surface area contributed by atoms with E-state index in [4.69, 9.17) is 16.3 Å². The van der Waals surface area contributed by atoms with E-state index < -0.39 is 5.60 Å². The molecule has 130 valence electrons. The van der Waals surface area contributed by atoms with Gasteiger partial charge in [0.25, 0.3) is 0 Å². The quantitative estimate of drug-likeness (QED) is 0.814. The molecule has 0 saturated carbocycles. The van der Waals surface area contributed by atoms with E-state index in [0.29, 0.717) is 13.1 Å². The second kappa shape index (κ2) is 6.64. The highest BCUT2D eigenvalue weighted by molar-refractivity contribution is 7.14. The molecule has 0 unspecified atom stereocenters. The Morgan fingerprint density at radius 2 is 2.00 bits per heavy atom. The maximum atomic E-state index is 12.1. The first-order valence-electron chi connectivity index (χ1n) is 7.84. The summed E-state index contributed by atoms with van der Waals surface area (Å²) in [6.45, 7) is 8.35. The molecule has 8 heteroatoms. The molecule has 1 aliphatic rings. The lowest BCUT2D eigenvalue weighted by Gasteiger charge is -2.36. The van der Waals surface area contributed by atoms with Gasteiger partial charge in [0.1, 0.15) is 17.6 Å². The van der Waals surface area contributed by atoms with Crippen molar-refractivity contribution in [1.82, 2.24) is 14.6 Å². The lowest BCUT2D eigenvalue weighted by Crippen LogP contribution is -2.53. The van der Waals surface area contributed by atoms with Gasteiger partial charge in [-0.25, -0.2) is 9.78 Å². The number of rotatable bonds is 2. The average Bonchev–Trinajstić information content (AvgIpc) is 3.14. The summed E-state index contributed by atoms with van der Waals surface area (Å²) in [4.78, 5) is 19.3. The van der Waals surface area contributed by atoms with E-state index in [0.717, 1.165) is 28.7 Å². The lowest BCUT2D eigenvalue weighted by atomic mass is 10.2. The number of thiophene rings is 1. The van der Waals surface area contributed by atoms with E-state index in [2.05, 4.69) is 9.99 Å². The van der Waals surface area contributed by atoms with Crippen molar-refractivity contribution in [1.29, 1.82) is 0 Å². The molecule has 0 bridgehead atoms. The maximum absolute atomic E-state index is 12.1. The molecule has 2 aromatic rings. The number of piperazine rings is 1. The molecule has 2 aromatic heterocycles. The summed E-state index contributed by atoms with van der Waals surface area (Å²) >= 11 is 7.74. The van der Waals surface area contributed by atoms with Crippen LogP contribution >= 0.6 is 22.9 Å². The molecule has 1 fully saturated rings. The smallest absolute Gasteiger partial charge is 0.410 e. The zero-order valence-electron chi connectivity index (χ0n) is 14.0. The number of nitrogens with zero attached hydrogens (tertiary/aromatic N) is 4. The van der Waals surface area contributed by atoms with Crippen molar-refractivity contribution < 1.29 is 9.53 Å². The Kier molecular flexibility index (Phi) is 4.73. The van der Waals surface area contributed by atoms with Gasteiger partial charge in [0.2, 0.25) is 0 Å². The van der Waals surface area contributed by atoms with Gasteiger partial charge in [-0.15, -0.1) is 11.3 Å². The van der Waals surface area contributed by atoms with Crippen molar-refractivity contribution in [3.63, 3.8) is 0 Å². The predicted octanol–water partition coefficient (Wildman–Crippen LogP) is 3.45. The number of aromatic nitrogens is 2. The second-order valence-corrected chi connectivity index (χ2v) is 7.98. The van der Waals surface area contributed by atoms with Crippen molar-refractivity contribution in [2.24, 2.45) is 0 Å². The minimum Gasteiger partial charge on any atom is -0.444 e. The van der Waals surface area contributed by atoms with Gasteiger partial charge in [-0.1, -0.05) is 11.6 Å². The van der Waals surface area contributed by atoms with E-state index in [1.54, 1.807) is 22.6 Å². The highest BCUT2D eigenvalue weighted by Gasteiger charge is 2.26. The predicted molar refractivity (Wildman–Crippen MR) is 96.3 cm³/mol. The third-order valence-electron chi connectivity index (χ3n) is 3.65. The standard InChI is InChI=1S/C16H21ClN4O2S/c1-16(2,3)23-15(22)19-5-7-20(8-6-19)21-10-13(18-11-21)14-12(17)4-9-24-14/h4,9-11H,5-8H2,1-3H3. The number of carbonyl (C=O) groups is 1. The minimum absolute atomic E-state index is 0.251. The molecule has 0 aliphatic carbocycles. The summed E-state index contributed by atoms with van der Waals surface area (Å²) in [6, 6.07) is 1.88. The molecule has 1 amide bonds. The van der Waals surface area contributed by atoms with Gasteiger partial charge in [-0.2, -0.15) is 0 Å². The molecule has 0 radical (unpaired) electrons. The van der Waals surface area contributed by atoms with E-state index in [1.165, 1.54) is 0 Å². The topological polar surface area (TPSA) is 50.6 Å². The van der Waals surface area contributed by atoms with Crippen LogP contribution in [0.2, 0.25) is 5.02 Å². The van der Waals surface area contributed by atoms with Crippen LogP contribution in [0.4, 0.5) is 4.79 Å². The molecule has 0 N–H and O–H groups in total. The first kappa shape index (κ1) is 17.1. The average molecular weight is 369 g/mol. The van der Waals surface area contributed by atoms with Crippen LogP contribution in [0.3, 0.4) is 0 Å². The summed E-state index contributed by atoms with van der Waals surface area (Å²) in [6.07, 6.45) is 3.51. The highest BCUT2D eigenvalue weighted by Crippen LogP contribution is 2.31. The van der Waals surface area contributed by atoms with Crippen LogP contribution in [0.5, 0.6) is 0 Å². The Hall–Kier alpha value is -1.73. The van der Waals surface area contributed by atoms with Crippen LogP contribution in [0, 0.1) is 0 Å². The lowest BCUT2D eigenvalue weighted by molar-refractivity contribution is 0.0232. The fourth-order valence-corrected chi connectivity index (χ4v) is 3.61. The van der Waals surface area contributed by atoms with Crippen LogP contribution in [0.15, 0.2) is 24.0 Å². The SMILES string of the molecule is CC(C)(C)OC(=O)N1CCN(n2cnc(-c3sccc3Cl)c2)CC1. The summed E-state index contributed by atoms with van der Waals surface area (Å²) in [7, 11) is 0. The molecule has 1 saturated heterocycles. The van der Waals surface area contributed by atoms with Crippen molar-refractivity contribution in [2.45, 2.75) is 26.4 Å². The van der Waals surface area contributed by atoms with Crippen LogP contribution in [0.25, 0.3) is 10.6 Å². The van der Waals surface area contributed by atoms with E-state index >= 15 is 0 Å². The number of halogens is 1. The highest BCUT2D eigenvalue weighted by atomic mass is 35.5. The Labute approximate surface area is 150 Å². The van der Waals surface area contributed by atoms with Gasteiger partial charge in [-0.3, -0.25) is 4.68 Å². The monoisotopic (exact) mass is 368 g/mol. The molecular formula is C16H21ClN4O2S. The summed E-state index contributed by atoms with van der Waals surface area (Å²) in [5.74, 6) is 0. The number of amides is 1. The summed E-state index contributed by atoms with van der Waals surface area (Å²) in [5, 5.41) is 4.83. The van der Waals surface area contributed by atoms with Crippen molar-refractivity contribution >= 4 is 29.0 Å². The molecule has 3 rings (SSSR count). The Balaban J connectivity index is 1.60. The first-order valence-corrected chi connectivity index (χ1v) is 9.10. The second-order valence-electron chi connectivity index (χ2n) is 6.66. The molecule has 0 aromatic carbocycles. The van der Waals surface area contributed by atoms with Crippen molar-refractivity contribution in [3.8, 4) is 10.6 Å². The van der Waals surface area contributed by atoms with Crippen molar-refractivity contribution in [3.05, 3.63) is 29.0 Å². The third-order valence-corrected chi connectivity index (χ3v) is 5.02. The number of carbonyl (C=O) groups excluding carboxylic acids is 1. The first-order chi connectivity index (χ1) is 11.3. The number of imidazole rings is 1. The van der Waals surface area contributed by atoms with Gasteiger partial charge in [0.15, 0.2) is 0 Å².